The predicted molar refractivity (Wildman–Crippen MR) is 55.4 cm³/mol. The molecule has 11 heavy (non-hydrogen) atoms. The molecule has 0 aromatic heterocycles. The Bertz CT molecular complexity index is 110. The summed E-state index contributed by atoms with van der Waals surface area (Å²) in [5.41, 5.74) is 0. The van der Waals surface area contributed by atoms with Gasteiger partial charge in [-0.2, -0.15) is 0 Å². The molecular formula is C8H16INO. The Hall–Kier alpha value is 0.650. The van der Waals surface area contributed by atoms with Gasteiger partial charge in [0.05, 0.1) is 6.61 Å². The van der Waals surface area contributed by atoms with Crippen LogP contribution in [0.4, 0.5) is 0 Å². The maximum absolute atomic E-state index is 5.44. The molecule has 1 fully saturated rings. The Morgan fingerprint density at radius 1 is 1.64 bits per heavy atom. The third-order valence-electron chi connectivity index (χ3n) is 2.09. The monoisotopic (exact) mass is 269 g/mol. The molecule has 0 saturated carbocycles. The van der Waals surface area contributed by atoms with Crippen LogP contribution in [0.5, 0.6) is 0 Å². The second-order valence-electron chi connectivity index (χ2n) is 3.00. The van der Waals surface area contributed by atoms with Crippen molar-refractivity contribution < 1.29 is 4.74 Å². The molecule has 2 nitrogen and oxygen atoms in total. The van der Waals surface area contributed by atoms with Crippen LogP contribution in [0, 0.1) is 0 Å². The van der Waals surface area contributed by atoms with E-state index in [-0.39, 0.29) is 0 Å². The molecule has 1 aliphatic rings. The van der Waals surface area contributed by atoms with Crippen molar-refractivity contribution in [1.82, 2.24) is 4.90 Å². The topological polar surface area (TPSA) is 12.5 Å². The fourth-order valence-corrected chi connectivity index (χ4v) is 2.01. The molecule has 0 bridgehead atoms. The summed E-state index contributed by atoms with van der Waals surface area (Å²) in [6.45, 7) is 6.53. The lowest BCUT2D eigenvalue weighted by Crippen LogP contribution is -2.36. The minimum absolute atomic E-state index is 0.618. The molecule has 0 aliphatic carbocycles. The van der Waals surface area contributed by atoms with Gasteiger partial charge in [0.15, 0.2) is 0 Å². The fraction of sp³-hybridized carbons (Fsp3) is 1.00. The van der Waals surface area contributed by atoms with E-state index in [0.29, 0.717) is 6.04 Å². The standard InChI is InChI=1S/C8H16INO/c1-8-7-11-6-2-4-10(8)5-3-9/h8H,2-7H2,1H3. The molecule has 1 rings (SSSR count). The van der Waals surface area contributed by atoms with Gasteiger partial charge in [-0.1, -0.05) is 22.6 Å². The molecule has 0 N–H and O–H groups in total. The Labute approximate surface area is 82.4 Å². The molecule has 1 saturated heterocycles. The molecule has 0 radical (unpaired) electrons. The van der Waals surface area contributed by atoms with E-state index in [2.05, 4.69) is 34.4 Å². The number of nitrogens with zero attached hydrogens (tertiary/aromatic N) is 1. The van der Waals surface area contributed by atoms with Crippen molar-refractivity contribution in [1.29, 1.82) is 0 Å². The highest BCUT2D eigenvalue weighted by Crippen LogP contribution is 2.06. The second-order valence-corrected chi connectivity index (χ2v) is 4.08. The summed E-state index contributed by atoms with van der Waals surface area (Å²) in [6.07, 6.45) is 1.20. The first kappa shape index (κ1) is 9.74. The Balaban J connectivity index is 2.32. The van der Waals surface area contributed by atoms with Crippen LogP contribution in [0.2, 0.25) is 0 Å². The van der Waals surface area contributed by atoms with Gasteiger partial charge in [0.2, 0.25) is 0 Å². The van der Waals surface area contributed by atoms with E-state index in [1.807, 2.05) is 0 Å². The van der Waals surface area contributed by atoms with Crippen LogP contribution in [0.25, 0.3) is 0 Å². The van der Waals surface area contributed by atoms with Crippen LogP contribution in [-0.4, -0.2) is 41.7 Å². The predicted octanol–water partition coefficient (Wildman–Crippen LogP) is 1.53. The lowest BCUT2D eigenvalue weighted by Gasteiger charge is -2.24. The van der Waals surface area contributed by atoms with E-state index in [1.165, 1.54) is 23.9 Å². The Morgan fingerprint density at radius 2 is 2.45 bits per heavy atom. The van der Waals surface area contributed by atoms with Crippen LogP contribution >= 0.6 is 22.6 Å². The summed E-state index contributed by atoms with van der Waals surface area (Å²) in [5, 5.41) is 0. The number of rotatable bonds is 2. The van der Waals surface area contributed by atoms with E-state index in [9.17, 15) is 0 Å². The van der Waals surface area contributed by atoms with Gasteiger partial charge >= 0.3 is 0 Å². The largest absolute Gasteiger partial charge is 0.380 e. The van der Waals surface area contributed by atoms with Gasteiger partial charge in [0, 0.05) is 30.2 Å². The van der Waals surface area contributed by atoms with Crippen LogP contribution in [0.15, 0.2) is 0 Å². The molecule has 0 spiro atoms. The first-order valence-electron chi connectivity index (χ1n) is 4.22. The number of hydrogen-bond acceptors (Lipinski definition) is 2. The van der Waals surface area contributed by atoms with Crippen LogP contribution in [0.1, 0.15) is 13.3 Å². The molecule has 1 heterocycles. The van der Waals surface area contributed by atoms with E-state index < -0.39 is 0 Å². The summed E-state index contributed by atoms with van der Waals surface area (Å²) in [4.78, 5) is 2.51. The van der Waals surface area contributed by atoms with Crippen molar-refractivity contribution in [2.75, 3.05) is 30.7 Å². The maximum atomic E-state index is 5.44. The fourth-order valence-electron chi connectivity index (χ4n) is 1.39. The first-order valence-corrected chi connectivity index (χ1v) is 5.75. The number of halogens is 1. The van der Waals surface area contributed by atoms with Crippen molar-refractivity contribution >= 4 is 22.6 Å². The van der Waals surface area contributed by atoms with Crippen LogP contribution in [0.3, 0.4) is 0 Å². The van der Waals surface area contributed by atoms with Gasteiger partial charge in [-0.05, 0) is 13.3 Å². The van der Waals surface area contributed by atoms with E-state index in [1.54, 1.807) is 0 Å². The highest BCUT2D eigenvalue weighted by atomic mass is 127. The van der Waals surface area contributed by atoms with Crippen LogP contribution in [-0.2, 0) is 4.74 Å². The molecule has 1 atom stereocenters. The average molecular weight is 269 g/mol. The summed E-state index contributed by atoms with van der Waals surface area (Å²) < 4.78 is 6.66. The molecule has 0 aromatic carbocycles. The molecule has 1 aliphatic heterocycles. The molecule has 3 heteroatoms. The number of hydrogen-bond donors (Lipinski definition) is 0. The summed E-state index contributed by atoms with van der Waals surface area (Å²) in [7, 11) is 0. The minimum Gasteiger partial charge on any atom is -0.380 e. The van der Waals surface area contributed by atoms with Gasteiger partial charge in [-0.25, -0.2) is 0 Å². The molecule has 66 valence electrons. The minimum atomic E-state index is 0.618. The summed E-state index contributed by atoms with van der Waals surface area (Å²) in [5.74, 6) is 0. The average Bonchev–Trinajstić information content (AvgIpc) is 2.18. The van der Waals surface area contributed by atoms with Crippen molar-refractivity contribution in [3.63, 3.8) is 0 Å². The molecule has 0 aromatic rings. The molecular weight excluding hydrogens is 253 g/mol. The van der Waals surface area contributed by atoms with E-state index in [0.717, 1.165) is 13.2 Å². The van der Waals surface area contributed by atoms with Crippen molar-refractivity contribution in [2.24, 2.45) is 0 Å². The number of alkyl halides is 1. The van der Waals surface area contributed by atoms with Crippen molar-refractivity contribution in [2.45, 2.75) is 19.4 Å². The highest BCUT2D eigenvalue weighted by Gasteiger charge is 2.15. The Kier molecular flexibility index (Phi) is 4.71. The highest BCUT2D eigenvalue weighted by molar-refractivity contribution is 14.1. The van der Waals surface area contributed by atoms with E-state index in [4.69, 9.17) is 4.74 Å². The van der Waals surface area contributed by atoms with Gasteiger partial charge < -0.3 is 4.74 Å². The summed E-state index contributed by atoms with van der Waals surface area (Å²) in [6, 6.07) is 0.618. The zero-order chi connectivity index (χ0) is 8.10. The summed E-state index contributed by atoms with van der Waals surface area (Å²) >= 11 is 2.43. The lowest BCUT2D eigenvalue weighted by atomic mass is 10.3. The SMILES string of the molecule is CC1COCCCN1CCI. The van der Waals surface area contributed by atoms with Crippen LogP contribution < -0.4 is 0 Å². The normalized spacial score (nSPS) is 28.4. The third kappa shape index (κ3) is 3.25. The van der Waals surface area contributed by atoms with Gasteiger partial charge in [0.25, 0.3) is 0 Å². The van der Waals surface area contributed by atoms with Gasteiger partial charge in [0.1, 0.15) is 0 Å². The maximum Gasteiger partial charge on any atom is 0.0619 e. The van der Waals surface area contributed by atoms with Gasteiger partial charge in [-0.15, -0.1) is 0 Å². The lowest BCUT2D eigenvalue weighted by molar-refractivity contribution is 0.110. The zero-order valence-corrected chi connectivity index (χ0v) is 9.21. The van der Waals surface area contributed by atoms with E-state index >= 15 is 0 Å². The quantitative estimate of drug-likeness (QED) is 0.557. The smallest absolute Gasteiger partial charge is 0.0619 e. The zero-order valence-electron chi connectivity index (χ0n) is 7.05. The third-order valence-corrected chi connectivity index (χ3v) is 2.57. The number of ether oxygens (including phenoxy) is 1. The Morgan fingerprint density at radius 3 is 3.18 bits per heavy atom. The van der Waals surface area contributed by atoms with Crippen molar-refractivity contribution in [3.05, 3.63) is 0 Å². The molecule has 0 amide bonds. The van der Waals surface area contributed by atoms with Crippen molar-refractivity contribution in [3.8, 4) is 0 Å². The van der Waals surface area contributed by atoms with Gasteiger partial charge in [-0.3, -0.25) is 4.90 Å². The second kappa shape index (κ2) is 5.32. The molecule has 1 unspecified atom stereocenters. The first-order chi connectivity index (χ1) is 5.34.